The van der Waals surface area contributed by atoms with Crippen LogP contribution in [0.25, 0.3) is 0 Å². The third-order valence-corrected chi connectivity index (χ3v) is 1.87. The molecule has 0 aliphatic carbocycles. The highest BCUT2D eigenvalue weighted by Gasteiger charge is 2.38. The minimum atomic E-state index is -1.33. The van der Waals surface area contributed by atoms with Gasteiger partial charge in [0.05, 0.1) is 0 Å². The molecule has 0 bridgehead atoms. The van der Waals surface area contributed by atoms with Crippen molar-refractivity contribution in [3.8, 4) is 0 Å². The lowest BCUT2D eigenvalue weighted by molar-refractivity contribution is -0.178. The smallest absolute Gasteiger partial charge is 0.348 e. The van der Waals surface area contributed by atoms with Crippen molar-refractivity contribution in [2.24, 2.45) is 0 Å². The number of carboxylic acid groups (broad SMARTS) is 1. The van der Waals surface area contributed by atoms with Crippen LogP contribution in [0.4, 0.5) is 0 Å². The summed E-state index contributed by atoms with van der Waals surface area (Å²) < 4.78 is 4.76. The Morgan fingerprint density at radius 3 is 1.83 bits per heavy atom. The molecule has 70 valence electrons. The van der Waals surface area contributed by atoms with Gasteiger partial charge in [-0.25, -0.2) is 4.79 Å². The molecule has 0 rings (SSSR count). The molecule has 0 aromatic heterocycles. The number of carbonyl (C=O) groups is 2. The average molecular weight is 174 g/mol. The van der Waals surface area contributed by atoms with Gasteiger partial charge in [0.1, 0.15) is 0 Å². The summed E-state index contributed by atoms with van der Waals surface area (Å²) in [6.07, 6.45) is 0.580. The van der Waals surface area contributed by atoms with Crippen LogP contribution in [-0.4, -0.2) is 22.6 Å². The molecule has 0 spiro atoms. The minimum absolute atomic E-state index is 0.290. The highest BCUT2D eigenvalue weighted by atomic mass is 16.6. The molecule has 0 radical (unpaired) electrons. The summed E-state index contributed by atoms with van der Waals surface area (Å²) in [7, 11) is 0. The maximum atomic E-state index is 10.7. The van der Waals surface area contributed by atoms with Crippen molar-refractivity contribution >= 4 is 11.9 Å². The molecule has 0 heterocycles. The van der Waals surface area contributed by atoms with Gasteiger partial charge in [0.15, 0.2) is 0 Å². The van der Waals surface area contributed by atoms with E-state index in [1.807, 2.05) is 0 Å². The molecule has 12 heavy (non-hydrogen) atoms. The van der Waals surface area contributed by atoms with Crippen LogP contribution >= 0.6 is 0 Å². The number of carboxylic acids is 1. The first kappa shape index (κ1) is 10.9. The molecule has 0 fully saturated rings. The van der Waals surface area contributed by atoms with E-state index in [0.29, 0.717) is 12.8 Å². The van der Waals surface area contributed by atoms with E-state index in [2.05, 4.69) is 0 Å². The SMILES string of the molecule is CCC(CC)(OC(C)=O)C(=O)O. The number of esters is 1. The van der Waals surface area contributed by atoms with Crippen LogP contribution in [0.1, 0.15) is 33.6 Å². The fraction of sp³-hybridized carbons (Fsp3) is 0.750. The molecule has 1 N–H and O–H groups in total. The maximum Gasteiger partial charge on any atom is 0.348 e. The Balaban J connectivity index is 4.58. The van der Waals surface area contributed by atoms with Gasteiger partial charge in [-0.2, -0.15) is 0 Å². The van der Waals surface area contributed by atoms with Crippen molar-refractivity contribution in [1.82, 2.24) is 0 Å². The van der Waals surface area contributed by atoms with Crippen LogP contribution in [0, 0.1) is 0 Å². The van der Waals surface area contributed by atoms with Gasteiger partial charge in [-0.1, -0.05) is 13.8 Å². The third kappa shape index (κ3) is 2.22. The second kappa shape index (κ2) is 4.09. The van der Waals surface area contributed by atoms with E-state index in [1.54, 1.807) is 13.8 Å². The standard InChI is InChI=1S/C8H14O4/c1-4-8(5-2,7(10)11)12-6(3)9/h4-5H2,1-3H3,(H,10,11). The lowest BCUT2D eigenvalue weighted by atomic mass is 9.97. The Morgan fingerprint density at radius 1 is 1.33 bits per heavy atom. The van der Waals surface area contributed by atoms with Crippen molar-refractivity contribution in [2.75, 3.05) is 0 Å². The monoisotopic (exact) mass is 174 g/mol. The number of carbonyl (C=O) groups excluding carboxylic acids is 1. The Hall–Kier alpha value is -1.06. The highest BCUT2D eigenvalue weighted by molar-refractivity contribution is 5.81. The summed E-state index contributed by atoms with van der Waals surface area (Å²) in [6, 6.07) is 0. The molecule has 0 aliphatic rings. The number of aliphatic carboxylic acids is 1. The summed E-state index contributed by atoms with van der Waals surface area (Å²) >= 11 is 0. The zero-order chi connectivity index (χ0) is 9.78. The van der Waals surface area contributed by atoms with E-state index in [4.69, 9.17) is 9.84 Å². The van der Waals surface area contributed by atoms with E-state index >= 15 is 0 Å². The largest absolute Gasteiger partial charge is 0.478 e. The Kier molecular flexibility index (Phi) is 3.73. The molecular formula is C8H14O4. The highest BCUT2D eigenvalue weighted by Crippen LogP contribution is 2.20. The topological polar surface area (TPSA) is 63.6 Å². The lowest BCUT2D eigenvalue weighted by Crippen LogP contribution is -2.41. The fourth-order valence-electron chi connectivity index (χ4n) is 1.02. The summed E-state index contributed by atoms with van der Waals surface area (Å²) in [6.45, 7) is 4.57. The first-order valence-electron chi connectivity index (χ1n) is 3.91. The fourth-order valence-corrected chi connectivity index (χ4v) is 1.02. The minimum Gasteiger partial charge on any atom is -0.478 e. The molecule has 0 aromatic carbocycles. The summed E-state index contributed by atoms with van der Waals surface area (Å²) in [4.78, 5) is 21.3. The van der Waals surface area contributed by atoms with E-state index in [9.17, 15) is 9.59 Å². The predicted octanol–water partition coefficient (Wildman–Crippen LogP) is 1.19. The summed E-state index contributed by atoms with van der Waals surface area (Å²) in [5, 5.41) is 8.80. The van der Waals surface area contributed by atoms with Gasteiger partial charge in [0, 0.05) is 6.92 Å². The van der Waals surface area contributed by atoms with Crippen LogP contribution < -0.4 is 0 Å². The van der Waals surface area contributed by atoms with Gasteiger partial charge in [-0.3, -0.25) is 4.79 Å². The zero-order valence-corrected chi connectivity index (χ0v) is 7.59. The quantitative estimate of drug-likeness (QED) is 0.650. The molecule has 0 aromatic rings. The van der Waals surface area contributed by atoms with E-state index in [1.165, 1.54) is 6.92 Å². The lowest BCUT2D eigenvalue weighted by Gasteiger charge is -2.25. The molecule has 0 amide bonds. The average Bonchev–Trinajstić information content (AvgIpc) is 1.99. The molecule has 0 saturated carbocycles. The third-order valence-electron chi connectivity index (χ3n) is 1.87. The second-order valence-electron chi connectivity index (χ2n) is 2.60. The van der Waals surface area contributed by atoms with E-state index in [-0.39, 0.29) is 0 Å². The molecular weight excluding hydrogens is 160 g/mol. The summed E-state index contributed by atoms with van der Waals surface area (Å²) in [5.41, 5.74) is -1.33. The van der Waals surface area contributed by atoms with Crippen molar-refractivity contribution in [2.45, 2.75) is 39.2 Å². The number of hydrogen-bond donors (Lipinski definition) is 1. The Labute approximate surface area is 71.5 Å². The van der Waals surface area contributed by atoms with Crippen LogP contribution in [0.2, 0.25) is 0 Å². The maximum absolute atomic E-state index is 10.7. The number of rotatable bonds is 4. The van der Waals surface area contributed by atoms with Crippen LogP contribution in [-0.2, 0) is 14.3 Å². The molecule has 4 heteroatoms. The van der Waals surface area contributed by atoms with Gasteiger partial charge < -0.3 is 9.84 Å². The van der Waals surface area contributed by atoms with Crippen LogP contribution in [0.3, 0.4) is 0 Å². The van der Waals surface area contributed by atoms with Gasteiger partial charge in [0.2, 0.25) is 5.60 Å². The van der Waals surface area contributed by atoms with Crippen molar-refractivity contribution < 1.29 is 19.4 Å². The van der Waals surface area contributed by atoms with Gasteiger partial charge in [0.25, 0.3) is 0 Å². The van der Waals surface area contributed by atoms with Crippen LogP contribution in [0.5, 0.6) is 0 Å². The van der Waals surface area contributed by atoms with Crippen molar-refractivity contribution in [1.29, 1.82) is 0 Å². The zero-order valence-electron chi connectivity index (χ0n) is 7.59. The van der Waals surface area contributed by atoms with Crippen molar-refractivity contribution in [3.05, 3.63) is 0 Å². The first-order chi connectivity index (χ1) is 5.48. The Bertz CT molecular complexity index is 181. The number of ether oxygens (including phenoxy) is 1. The number of hydrogen-bond acceptors (Lipinski definition) is 3. The van der Waals surface area contributed by atoms with Crippen molar-refractivity contribution in [3.63, 3.8) is 0 Å². The molecule has 0 saturated heterocycles. The van der Waals surface area contributed by atoms with Gasteiger partial charge in [-0.05, 0) is 12.8 Å². The normalized spacial score (nSPS) is 10.9. The van der Waals surface area contributed by atoms with Crippen LogP contribution in [0.15, 0.2) is 0 Å². The molecule has 0 aliphatic heterocycles. The second-order valence-corrected chi connectivity index (χ2v) is 2.60. The molecule has 0 atom stereocenters. The molecule has 4 nitrogen and oxygen atoms in total. The predicted molar refractivity (Wildman–Crippen MR) is 42.7 cm³/mol. The summed E-state index contributed by atoms with van der Waals surface area (Å²) in [5.74, 6) is -1.64. The Morgan fingerprint density at radius 2 is 1.75 bits per heavy atom. The van der Waals surface area contributed by atoms with E-state index < -0.39 is 17.5 Å². The molecule has 0 unspecified atom stereocenters. The van der Waals surface area contributed by atoms with Gasteiger partial charge in [-0.15, -0.1) is 0 Å². The van der Waals surface area contributed by atoms with Gasteiger partial charge >= 0.3 is 11.9 Å². The van der Waals surface area contributed by atoms with E-state index in [0.717, 1.165) is 0 Å². The first-order valence-corrected chi connectivity index (χ1v) is 3.91.